The van der Waals surface area contributed by atoms with Gasteiger partial charge in [-0.25, -0.2) is 13.6 Å². The van der Waals surface area contributed by atoms with E-state index in [2.05, 4.69) is 15.5 Å². The van der Waals surface area contributed by atoms with Crippen molar-refractivity contribution in [3.8, 4) is 5.75 Å². The number of carbonyl (C=O) groups excluding carboxylic acids is 1. The molecule has 1 aliphatic heterocycles. The Hall–Kier alpha value is -2.67. The van der Waals surface area contributed by atoms with Crippen LogP contribution in [-0.4, -0.2) is 36.7 Å². The van der Waals surface area contributed by atoms with Gasteiger partial charge in [0.2, 0.25) is 0 Å². The molecule has 1 fully saturated rings. The summed E-state index contributed by atoms with van der Waals surface area (Å²) < 4.78 is 31.9. The summed E-state index contributed by atoms with van der Waals surface area (Å²) in [6.07, 6.45) is 1.59. The van der Waals surface area contributed by atoms with Crippen LogP contribution in [0.2, 0.25) is 0 Å². The van der Waals surface area contributed by atoms with Crippen molar-refractivity contribution in [1.29, 1.82) is 0 Å². The first-order chi connectivity index (χ1) is 13.5. The smallest absolute Gasteiger partial charge is 0.319 e. The number of urea groups is 1. The number of halogens is 2. The van der Waals surface area contributed by atoms with Crippen LogP contribution in [-0.2, 0) is 6.54 Å². The van der Waals surface area contributed by atoms with Crippen molar-refractivity contribution in [3.05, 3.63) is 59.7 Å². The van der Waals surface area contributed by atoms with E-state index in [0.29, 0.717) is 24.6 Å². The third-order valence-electron chi connectivity index (χ3n) is 4.75. The summed E-state index contributed by atoms with van der Waals surface area (Å²) in [7, 11) is 0. The average Bonchev–Trinajstić information content (AvgIpc) is 2.68. The molecule has 0 aromatic heterocycles. The fourth-order valence-electron chi connectivity index (χ4n) is 3.33. The molecule has 3 rings (SSSR count). The van der Waals surface area contributed by atoms with Crippen molar-refractivity contribution in [2.75, 3.05) is 25.0 Å². The van der Waals surface area contributed by atoms with Crippen LogP contribution in [0.25, 0.3) is 0 Å². The Morgan fingerprint density at radius 3 is 2.61 bits per heavy atom. The topological polar surface area (TPSA) is 53.6 Å². The molecule has 0 bridgehead atoms. The summed E-state index contributed by atoms with van der Waals surface area (Å²) >= 11 is 0. The number of hydrogen-bond acceptors (Lipinski definition) is 3. The molecule has 0 atom stereocenters. The van der Waals surface area contributed by atoms with Gasteiger partial charge in [0.05, 0.1) is 12.3 Å². The van der Waals surface area contributed by atoms with E-state index in [0.717, 1.165) is 37.6 Å². The van der Waals surface area contributed by atoms with E-state index < -0.39 is 11.6 Å². The van der Waals surface area contributed by atoms with Gasteiger partial charge in [-0.3, -0.25) is 4.90 Å². The standard InChI is InChI=1S/C21H25F2N3O2/c1-2-28-20-6-4-3-5-19(20)25-21(27)24-16-9-11-26(12-10-16)14-15-7-8-17(22)18(23)13-15/h3-8,13,16H,2,9-12,14H2,1H3,(H2,24,25,27). The fraction of sp³-hybridized carbons (Fsp3) is 0.381. The highest BCUT2D eigenvalue weighted by molar-refractivity contribution is 5.91. The summed E-state index contributed by atoms with van der Waals surface area (Å²) in [6.45, 7) is 4.54. The maximum Gasteiger partial charge on any atom is 0.319 e. The van der Waals surface area contributed by atoms with Crippen molar-refractivity contribution >= 4 is 11.7 Å². The zero-order valence-corrected chi connectivity index (χ0v) is 15.9. The highest BCUT2D eigenvalue weighted by Crippen LogP contribution is 2.23. The second-order valence-corrected chi connectivity index (χ2v) is 6.83. The number of carbonyl (C=O) groups is 1. The molecule has 150 valence electrons. The molecule has 0 aliphatic carbocycles. The Morgan fingerprint density at radius 1 is 1.14 bits per heavy atom. The zero-order valence-electron chi connectivity index (χ0n) is 15.9. The number of amides is 2. The number of nitrogens with one attached hydrogen (secondary N) is 2. The number of anilines is 1. The normalized spacial score (nSPS) is 15.2. The fourth-order valence-corrected chi connectivity index (χ4v) is 3.33. The van der Waals surface area contributed by atoms with Crippen molar-refractivity contribution in [1.82, 2.24) is 10.2 Å². The Kier molecular flexibility index (Phi) is 6.81. The van der Waals surface area contributed by atoms with Gasteiger partial charge in [-0.1, -0.05) is 18.2 Å². The molecule has 7 heteroatoms. The molecule has 2 amide bonds. The first kappa shape index (κ1) is 20.1. The summed E-state index contributed by atoms with van der Waals surface area (Å²) in [4.78, 5) is 14.5. The van der Waals surface area contributed by atoms with Crippen LogP contribution < -0.4 is 15.4 Å². The lowest BCUT2D eigenvalue weighted by Crippen LogP contribution is -2.45. The maximum absolute atomic E-state index is 13.3. The van der Waals surface area contributed by atoms with Crippen LogP contribution in [0.3, 0.4) is 0 Å². The van der Waals surface area contributed by atoms with Gasteiger partial charge in [-0.15, -0.1) is 0 Å². The molecular weight excluding hydrogens is 364 g/mol. The molecule has 2 aromatic rings. The highest BCUT2D eigenvalue weighted by atomic mass is 19.2. The third-order valence-corrected chi connectivity index (χ3v) is 4.75. The minimum atomic E-state index is -0.830. The van der Waals surface area contributed by atoms with Gasteiger partial charge < -0.3 is 15.4 Å². The lowest BCUT2D eigenvalue weighted by atomic mass is 10.0. The van der Waals surface area contributed by atoms with Crippen LogP contribution in [0.4, 0.5) is 19.3 Å². The predicted molar refractivity (Wildman–Crippen MR) is 104 cm³/mol. The Morgan fingerprint density at radius 2 is 1.89 bits per heavy atom. The average molecular weight is 389 g/mol. The highest BCUT2D eigenvalue weighted by Gasteiger charge is 2.21. The molecule has 1 saturated heterocycles. The molecule has 0 radical (unpaired) electrons. The van der Waals surface area contributed by atoms with E-state index >= 15 is 0 Å². The number of piperidine rings is 1. The molecule has 0 spiro atoms. The number of para-hydroxylation sites is 2. The van der Waals surface area contributed by atoms with Crippen molar-refractivity contribution < 1.29 is 18.3 Å². The van der Waals surface area contributed by atoms with Crippen molar-refractivity contribution in [2.24, 2.45) is 0 Å². The summed E-state index contributed by atoms with van der Waals surface area (Å²) in [5.74, 6) is -1.01. The molecule has 0 unspecified atom stereocenters. The first-order valence-corrected chi connectivity index (χ1v) is 9.50. The number of rotatable bonds is 6. The van der Waals surface area contributed by atoms with Gasteiger partial charge in [0.25, 0.3) is 0 Å². The quantitative estimate of drug-likeness (QED) is 0.780. The van der Waals surface area contributed by atoms with E-state index in [1.54, 1.807) is 12.1 Å². The number of likely N-dealkylation sites (tertiary alicyclic amines) is 1. The first-order valence-electron chi connectivity index (χ1n) is 9.50. The molecule has 5 nitrogen and oxygen atoms in total. The van der Waals surface area contributed by atoms with Gasteiger partial charge in [-0.05, 0) is 49.6 Å². The van der Waals surface area contributed by atoms with Crippen LogP contribution in [0.5, 0.6) is 5.75 Å². The van der Waals surface area contributed by atoms with Gasteiger partial charge >= 0.3 is 6.03 Å². The van der Waals surface area contributed by atoms with E-state index in [1.807, 2.05) is 25.1 Å². The Labute approximate surface area is 163 Å². The van der Waals surface area contributed by atoms with Crippen LogP contribution in [0, 0.1) is 11.6 Å². The monoisotopic (exact) mass is 389 g/mol. The SMILES string of the molecule is CCOc1ccccc1NC(=O)NC1CCN(Cc2ccc(F)c(F)c2)CC1. The van der Waals surface area contributed by atoms with Gasteiger partial charge in [0, 0.05) is 25.7 Å². The zero-order chi connectivity index (χ0) is 19.9. The van der Waals surface area contributed by atoms with E-state index in [9.17, 15) is 13.6 Å². The Bertz CT molecular complexity index is 808. The summed E-state index contributed by atoms with van der Waals surface area (Å²) in [5.41, 5.74) is 1.38. The lowest BCUT2D eigenvalue weighted by Gasteiger charge is -2.32. The number of hydrogen-bond donors (Lipinski definition) is 2. The van der Waals surface area contributed by atoms with Crippen molar-refractivity contribution in [3.63, 3.8) is 0 Å². The number of nitrogens with zero attached hydrogens (tertiary/aromatic N) is 1. The molecule has 1 aliphatic rings. The van der Waals surface area contributed by atoms with Crippen molar-refractivity contribution in [2.45, 2.75) is 32.4 Å². The maximum atomic E-state index is 13.3. The lowest BCUT2D eigenvalue weighted by molar-refractivity contribution is 0.189. The summed E-state index contributed by atoms with van der Waals surface area (Å²) in [5, 5.41) is 5.84. The second-order valence-electron chi connectivity index (χ2n) is 6.83. The van der Waals surface area contributed by atoms with E-state index in [1.165, 1.54) is 6.07 Å². The minimum Gasteiger partial charge on any atom is -0.492 e. The van der Waals surface area contributed by atoms with Crippen LogP contribution >= 0.6 is 0 Å². The van der Waals surface area contributed by atoms with Gasteiger partial charge in [-0.2, -0.15) is 0 Å². The Balaban J connectivity index is 1.46. The summed E-state index contributed by atoms with van der Waals surface area (Å²) in [6, 6.07) is 11.1. The number of ether oxygens (including phenoxy) is 1. The van der Waals surface area contributed by atoms with Crippen LogP contribution in [0.15, 0.2) is 42.5 Å². The van der Waals surface area contributed by atoms with E-state index in [4.69, 9.17) is 4.74 Å². The molecule has 28 heavy (non-hydrogen) atoms. The largest absolute Gasteiger partial charge is 0.492 e. The molecular formula is C21H25F2N3O2. The molecule has 2 N–H and O–H groups in total. The number of benzene rings is 2. The molecule has 0 saturated carbocycles. The third kappa shape index (κ3) is 5.42. The second kappa shape index (κ2) is 9.50. The molecule has 1 heterocycles. The van der Waals surface area contributed by atoms with Gasteiger partial charge in [0.15, 0.2) is 11.6 Å². The van der Waals surface area contributed by atoms with Crippen LogP contribution in [0.1, 0.15) is 25.3 Å². The minimum absolute atomic E-state index is 0.0699. The van der Waals surface area contributed by atoms with Gasteiger partial charge in [0.1, 0.15) is 5.75 Å². The van der Waals surface area contributed by atoms with E-state index in [-0.39, 0.29) is 12.1 Å². The predicted octanol–water partition coefficient (Wildman–Crippen LogP) is 4.15. The molecule has 2 aromatic carbocycles.